The molecule has 0 saturated carbocycles. The van der Waals surface area contributed by atoms with Crippen molar-refractivity contribution >= 4 is 17.5 Å². The van der Waals surface area contributed by atoms with Crippen molar-refractivity contribution in [2.45, 2.75) is 12.5 Å². The first kappa shape index (κ1) is 18.5. The molecule has 7 heteroatoms. The van der Waals surface area contributed by atoms with Crippen LogP contribution in [-0.4, -0.2) is 46.4 Å². The highest BCUT2D eigenvalue weighted by Gasteiger charge is 2.42. The Labute approximate surface area is 167 Å². The first-order valence-electron chi connectivity index (χ1n) is 9.03. The summed E-state index contributed by atoms with van der Waals surface area (Å²) >= 11 is 6.23. The van der Waals surface area contributed by atoms with Crippen molar-refractivity contribution in [1.29, 1.82) is 0 Å². The van der Waals surface area contributed by atoms with Gasteiger partial charge in [-0.1, -0.05) is 35.9 Å². The number of halogens is 1. The molecule has 0 spiro atoms. The van der Waals surface area contributed by atoms with Crippen LogP contribution in [0.25, 0.3) is 11.3 Å². The van der Waals surface area contributed by atoms with E-state index in [-0.39, 0.29) is 17.7 Å². The summed E-state index contributed by atoms with van der Waals surface area (Å²) in [5, 5.41) is 18.2. The smallest absolute Gasteiger partial charge is 0.273 e. The van der Waals surface area contributed by atoms with Crippen LogP contribution in [0.3, 0.4) is 0 Å². The number of benzene rings is 2. The summed E-state index contributed by atoms with van der Waals surface area (Å²) in [6.45, 7) is 1.09. The Hall–Kier alpha value is -2.83. The lowest BCUT2D eigenvalue weighted by molar-refractivity contribution is 0.0723. The lowest BCUT2D eigenvalue weighted by Gasteiger charge is -2.26. The number of carbonyl (C=O) groups is 1. The minimum absolute atomic E-state index is 0.118. The molecule has 6 nitrogen and oxygen atoms in total. The molecule has 28 heavy (non-hydrogen) atoms. The molecule has 2 heterocycles. The summed E-state index contributed by atoms with van der Waals surface area (Å²) in [5.74, 6) is -0.00262. The zero-order valence-corrected chi connectivity index (χ0v) is 16.1. The normalized spacial score (nSPS) is 15.9. The number of hydrogen-bond donors (Lipinski definition) is 2. The number of hydrogen-bond acceptors (Lipinski definition) is 4. The van der Waals surface area contributed by atoms with Crippen LogP contribution in [-0.2, 0) is 4.74 Å². The molecule has 1 atom stereocenters. The van der Waals surface area contributed by atoms with Crippen molar-refractivity contribution < 1.29 is 14.6 Å². The van der Waals surface area contributed by atoms with Gasteiger partial charge in [0.15, 0.2) is 0 Å². The largest absolute Gasteiger partial charge is 0.507 e. The average Bonchev–Trinajstić information content (AvgIpc) is 3.22. The molecule has 1 amide bonds. The Morgan fingerprint density at radius 2 is 2.07 bits per heavy atom. The number of aromatic amines is 1. The van der Waals surface area contributed by atoms with Crippen LogP contribution >= 0.6 is 11.6 Å². The molecule has 1 aromatic heterocycles. The number of amides is 1. The monoisotopic (exact) mass is 397 g/mol. The third kappa shape index (κ3) is 3.15. The molecule has 0 fully saturated rings. The molecule has 1 aliphatic rings. The van der Waals surface area contributed by atoms with E-state index in [1.54, 1.807) is 36.3 Å². The van der Waals surface area contributed by atoms with Gasteiger partial charge in [0.25, 0.3) is 5.91 Å². The van der Waals surface area contributed by atoms with Crippen LogP contribution in [0.4, 0.5) is 0 Å². The van der Waals surface area contributed by atoms with Crippen molar-refractivity contribution in [1.82, 2.24) is 15.1 Å². The van der Waals surface area contributed by atoms with Crippen LogP contribution in [0, 0.1) is 0 Å². The molecular weight excluding hydrogens is 378 g/mol. The maximum Gasteiger partial charge on any atom is 0.273 e. The fourth-order valence-electron chi connectivity index (χ4n) is 3.71. The number of ether oxygens (including phenoxy) is 1. The number of methoxy groups -OCH3 is 1. The van der Waals surface area contributed by atoms with Crippen molar-refractivity contribution in [3.63, 3.8) is 0 Å². The number of H-pyrrole nitrogens is 1. The van der Waals surface area contributed by atoms with Gasteiger partial charge in [-0.2, -0.15) is 5.10 Å². The van der Waals surface area contributed by atoms with Gasteiger partial charge >= 0.3 is 0 Å². The first-order valence-corrected chi connectivity index (χ1v) is 9.41. The number of aromatic hydroxyl groups is 1. The molecule has 0 aliphatic carbocycles. The summed E-state index contributed by atoms with van der Waals surface area (Å²) in [5.41, 5.74) is 3.25. The maximum atomic E-state index is 13.1. The maximum absolute atomic E-state index is 13.1. The predicted octanol–water partition coefficient (Wildman–Crippen LogP) is 4.02. The van der Waals surface area contributed by atoms with Crippen LogP contribution < -0.4 is 0 Å². The molecule has 0 saturated heterocycles. The van der Waals surface area contributed by atoms with Crippen LogP contribution in [0.15, 0.2) is 48.5 Å². The molecule has 3 aromatic rings. The molecule has 0 unspecified atom stereocenters. The number of aromatic nitrogens is 2. The van der Waals surface area contributed by atoms with Gasteiger partial charge in [0.2, 0.25) is 0 Å². The summed E-state index contributed by atoms with van der Waals surface area (Å²) in [4.78, 5) is 14.9. The molecule has 4 rings (SSSR count). The van der Waals surface area contributed by atoms with Gasteiger partial charge in [0.1, 0.15) is 17.1 Å². The average molecular weight is 398 g/mol. The standard InChI is InChI=1S/C21H20ClN3O3/c1-28-11-5-10-25-20(13-6-4-7-14(22)12-13)17-18(23-24-19(17)21(25)27)15-8-2-3-9-16(15)26/h2-4,6-9,12,20,26H,5,10-11H2,1H3,(H,23,24)/t20-/m0/s1. The van der Waals surface area contributed by atoms with Gasteiger partial charge in [-0.25, -0.2) is 0 Å². The van der Waals surface area contributed by atoms with E-state index in [1.807, 2.05) is 24.3 Å². The second-order valence-corrected chi connectivity index (χ2v) is 7.12. The third-order valence-electron chi connectivity index (χ3n) is 4.93. The summed E-state index contributed by atoms with van der Waals surface area (Å²) in [6.07, 6.45) is 0.711. The zero-order chi connectivity index (χ0) is 19.7. The van der Waals surface area contributed by atoms with Gasteiger partial charge in [0, 0.05) is 36.4 Å². The Morgan fingerprint density at radius 3 is 2.82 bits per heavy atom. The fourth-order valence-corrected chi connectivity index (χ4v) is 3.91. The number of carbonyl (C=O) groups excluding carboxylic acids is 1. The molecular formula is C21H20ClN3O3. The molecule has 2 aromatic carbocycles. The predicted molar refractivity (Wildman–Crippen MR) is 107 cm³/mol. The number of nitrogens with zero attached hydrogens (tertiary/aromatic N) is 2. The highest BCUT2D eigenvalue weighted by atomic mass is 35.5. The zero-order valence-electron chi connectivity index (χ0n) is 15.4. The quantitative estimate of drug-likeness (QED) is 0.616. The van der Waals surface area contributed by atoms with E-state index in [9.17, 15) is 9.90 Å². The van der Waals surface area contributed by atoms with Crippen molar-refractivity contribution in [3.8, 4) is 17.0 Å². The topological polar surface area (TPSA) is 78.5 Å². The number of para-hydroxylation sites is 1. The van der Waals surface area contributed by atoms with E-state index >= 15 is 0 Å². The van der Waals surface area contributed by atoms with Crippen molar-refractivity contribution in [2.75, 3.05) is 20.3 Å². The Bertz CT molecular complexity index is 1020. The van der Waals surface area contributed by atoms with Gasteiger partial charge < -0.3 is 14.7 Å². The van der Waals surface area contributed by atoms with Crippen LogP contribution in [0.2, 0.25) is 5.02 Å². The van der Waals surface area contributed by atoms with E-state index in [4.69, 9.17) is 16.3 Å². The number of nitrogens with one attached hydrogen (secondary N) is 1. The van der Waals surface area contributed by atoms with Crippen LogP contribution in [0.1, 0.15) is 34.1 Å². The molecule has 1 aliphatic heterocycles. The molecule has 2 N–H and O–H groups in total. The van der Waals surface area contributed by atoms with Gasteiger partial charge in [-0.3, -0.25) is 9.89 Å². The van der Waals surface area contributed by atoms with E-state index < -0.39 is 0 Å². The lowest BCUT2D eigenvalue weighted by Crippen LogP contribution is -2.31. The SMILES string of the molecule is COCCCN1C(=O)c2[nH]nc(-c3ccccc3O)c2[C@@H]1c1cccc(Cl)c1. The van der Waals surface area contributed by atoms with Crippen LogP contribution in [0.5, 0.6) is 5.75 Å². The molecule has 0 bridgehead atoms. The Kier molecular flexibility index (Phi) is 5.07. The third-order valence-corrected chi connectivity index (χ3v) is 5.17. The Morgan fingerprint density at radius 1 is 1.25 bits per heavy atom. The first-order chi connectivity index (χ1) is 13.6. The summed E-state index contributed by atoms with van der Waals surface area (Å²) in [6, 6.07) is 14.1. The minimum atomic E-state index is -0.341. The molecule has 0 radical (unpaired) electrons. The van der Waals surface area contributed by atoms with E-state index in [2.05, 4.69) is 10.2 Å². The number of phenols is 1. The van der Waals surface area contributed by atoms with Gasteiger partial charge in [-0.05, 0) is 36.2 Å². The van der Waals surface area contributed by atoms with E-state index in [0.29, 0.717) is 41.5 Å². The van der Waals surface area contributed by atoms with Gasteiger partial charge in [-0.15, -0.1) is 0 Å². The lowest BCUT2D eigenvalue weighted by atomic mass is 9.95. The summed E-state index contributed by atoms with van der Waals surface area (Å²) in [7, 11) is 1.64. The van der Waals surface area contributed by atoms with Crippen molar-refractivity contribution in [3.05, 3.63) is 70.4 Å². The highest BCUT2D eigenvalue weighted by Crippen LogP contribution is 2.44. The van der Waals surface area contributed by atoms with Crippen molar-refractivity contribution in [2.24, 2.45) is 0 Å². The molecule has 144 valence electrons. The van der Waals surface area contributed by atoms with Gasteiger partial charge in [0.05, 0.1) is 6.04 Å². The number of rotatable bonds is 6. The fraction of sp³-hybridized carbons (Fsp3) is 0.238. The second kappa shape index (κ2) is 7.66. The highest BCUT2D eigenvalue weighted by molar-refractivity contribution is 6.30. The minimum Gasteiger partial charge on any atom is -0.507 e. The number of phenolic OH excluding ortho intramolecular Hbond substituents is 1. The van der Waals surface area contributed by atoms with E-state index in [1.165, 1.54) is 0 Å². The number of fused-ring (bicyclic) bond motifs is 1. The van der Waals surface area contributed by atoms with E-state index in [0.717, 1.165) is 11.1 Å². The Balaban J connectivity index is 1.85. The summed E-state index contributed by atoms with van der Waals surface area (Å²) < 4.78 is 5.15. The second-order valence-electron chi connectivity index (χ2n) is 6.68.